The normalized spacial score (nSPS) is 9.94. The van der Waals surface area contributed by atoms with Crippen LogP contribution >= 0.6 is 0 Å². The largest absolute Gasteiger partial charge is 0.359 e. The molecule has 1 rings (SSSR count). The number of carbonyl (C=O) groups excluding carboxylic acids is 1. The van der Waals surface area contributed by atoms with Gasteiger partial charge in [-0.25, -0.2) is 0 Å². The lowest BCUT2D eigenvalue weighted by Crippen LogP contribution is -2.20. The molecule has 5 nitrogen and oxygen atoms in total. The zero-order chi connectivity index (χ0) is 12.3. The molecule has 1 N–H and O–H groups in total. The Morgan fingerprint density at radius 2 is 1.94 bits per heavy atom. The molecule has 1 amide bonds. The fourth-order valence-corrected chi connectivity index (χ4v) is 1.17. The Balaban J connectivity index is 3.10. The van der Waals surface area contributed by atoms with Crippen LogP contribution in [-0.4, -0.2) is 17.9 Å². The van der Waals surface area contributed by atoms with Crippen LogP contribution in [0.2, 0.25) is 0 Å². The number of rotatable bonds is 3. The first-order chi connectivity index (χ1) is 7.45. The fraction of sp³-hybridized carbons (Fsp3) is 0.222. The molecule has 86 valence electrons. The number of carbonyl (C=O) groups is 1. The molecule has 0 spiro atoms. The SMILES string of the molecule is CNC(=O)Cc1cc(F)c([N+](=O)[O-])c(F)c1. The molecule has 0 unspecified atom stereocenters. The van der Waals surface area contributed by atoms with Crippen molar-refractivity contribution in [1.29, 1.82) is 0 Å². The van der Waals surface area contributed by atoms with Crippen LogP contribution in [0, 0.1) is 21.7 Å². The number of nitrogens with zero attached hydrogens (tertiary/aromatic N) is 1. The van der Waals surface area contributed by atoms with E-state index in [0.29, 0.717) is 0 Å². The van der Waals surface area contributed by atoms with E-state index in [1.165, 1.54) is 7.05 Å². The Kier molecular flexibility index (Phi) is 3.49. The molecule has 16 heavy (non-hydrogen) atoms. The zero-order valence-corrected chi connectivity index (χ0v) is 8.29. The van der Waals surface area contributed by atoms with Gasteiger partial charge in [-0.3, -0.25) is 14.9 Å². The molecule has 0 fully saturated rings. The number of hydrogen-bond acceptors (Lipinski definition) is 3. The molecule has 0 saturated carbocycles. The number of hydrogen-bond donors (Lipinski definition) is 1. The third kappa shape index (κ3) is 2.50. The predicted molar refractivity (Wildman–Crippen MR) is 50.8 cm³/mol. The Labute approximate surface area is 89.2 Å². The van der Waals surface area contributed by atoms with E-state index in [4.69, 9.17) is 0 Å². The van der Waals surface area contributed by atoms with Crippen LogP contribution in [0.1, 0.15) is 5.56 Å². The van der Waals surface area contributed by atoms with Crippen LogP contribution in [0.3, 0.4) is 0 Å². The third-order valence-corrected chi connectivity index (χ3v) is 1.90. The van der Waals surface area contributed by atoms with Gasteiger partial charge in [-0.05, 0) is 17.7 Å². The van der Waals surface area contributed by atoms with E-state index >= 15 is 0 Å². The summed E-state index contributed by atoms with van der Waals surface area (Å²) in [6, 6.07) is 1.55. The standard InChI is InChI=1S/C9H8F2N2O3/c1-12-8(14)4-5-2-6(10)9(13(15)16)7(11)3-5/h2-3H,4H2,1H3,(H,12,14). The maximum Gasteiger partial charge on any atom is 0.340 e. The van der Waals surface area contributed by atoms with Crippen LogP contribution in [0.15, 0.2) is 12.1 Å². The van der Waals surface area contributed by atoms with E-state index in [2.05, 4.69) is 5.32 Å². The number of nitro groups is 1. The molecule has 0 heterocycles. The molecule has 1 aromatic rings. The zero-order valence-electron chi connectivity index (χ0n) is 8.29. The molecular formula is C9H8F2N2O3. The van der Waals surface area contributed by atoms with Gasteiger partial charge in [-0.15, -0.1) is 0 Å². The fourth-order valence-electron chi connectivity index (χ4n) is 1.17. The van der Waals surface area contributed by atoms with Crippen molar-refractivity contribution in [3.05, 3.63) is 39.4 Å². The summed E-state index contributed by atoms with van der Waals surface area (Å²) < 4.78 is 26.2. The quantitative estimate of drug-likeness (QED) is 0.625. The second kappa shape index (κ2) is 4.65. The molecule has 0 radical (unpaired) electrons. The number of nitrogens with one attached hydrogen (secondary N) is 1. The van der Waals surface area contributed by atoms with Crippen molar-refractivity contribution in [2.45, 2.75) is 6.42 Å². The minimum Gasteiger partial charge on any atom is -0.359 e. The molecule has 1 aromatic carbocycles. The minimum atomic E-state index is -1.29. The van der Waals surface area contributed by atoms with Crippen molar-refractivity contribution in [2.24, 2.45) is 0 Å². The number of likely N-dealkylation sites (N-methyl/N-ethyl adjacent to an activating group) is 1. The van der Waals surface area contributed by atoms with E-state index < -0.39 is 28.2 Å². The number of halogens is 2. The lowest BCUT2D eigenvalue weighted by molar-refractivity contribution is -0.390. The Morgan fingerprint density at radius 1 is 1.44 bits per heavy atom. The molecule has 0 atom stereocenters. The van der Waals surface area contributed by atoms with Crippen LogP contribution in [-0.2, 0) is 11.2 Å². The van der Waals surface area contributed by atoms with Crippen LogP contribution in [0.5, 0.6) is 0 Å². The maximum absolute atomic E-state index is 13.1. The summed E-state index contributed by atoms with van der Waals surface area (Å²) in [5.74, 6) is -3.01. The first kappa shape index (κ1) is 12.0. The van der Waals surface area contributed by atoms with Gasteiger partial charge in [0.05, 0.1) is 11.3 Å². The second-order valence-corrected chi connectivity index (χ2v) is 3.02. The first-order valence-electron chi connectivity index (χ1n) is 4.28. The second-order valence-electron chi connectivity index (χ2n) is 3.02. The Hall–Kier alpha value is -2.05. The molecule has 0 aromatic heterocycles. The van der Waals surface area contributed by atoms with Crippen molar-refractivity contribution < 1.29 is 18.5 Å². The molecule has 0 bridgehead atoms. The summed E-state index contributed by atoms with van der Waals surface area (Å²) in [7, 11) is 1.38. The van der Waals surface area contributed by atoms with E-state index in [0.717, 1.165) is 12.1 Å². The number of amides is 1. The van der Waals surface area contributed by atoms with Gasteiger partial charge in [0.15, 0.2) is 0 Å². The summed E-state index contributed by atoms with van der Waals surface area (Å²) in [5, 5.41) is 12.6. The highest BCUT2D eigenvalue weighted by Crippen LogP contribution is 2.22. The third-order valence-electron chi connectivity index (χ3n) is 1.90. The van der Waals surface area contributed by atoms with Crippen molar-refractivity contribution >= 4 is 11.6 Å². The lowest BCUT2D eigenvalue weighted by Gasteiger charge is -2.02. The van der Waals surface area contributed by atoms with Crippen molar-refractivity contribution in [3.63, 3.8) is 0 Å². The summed E-state index contributed by atoms with van der Waals surface area (Å²) in [6.07, 6.45) is -0.234. The van der Waals surface area contributed by atoms with E-state index in [9.17, 15) is 23.7 Å². The summed E-state index contributed by atoms with van der Waals surface area (Å²) in [6.45, 7) is 0. The van der Waals surface area contributed by atoms with Gasteiger partial charge in [-0.2, -0.15) is 8.78 Å². The molecule has 0 aliphatic rings. The highest BCUT2D eigenvalue weighted by atomic mass is 19.1. The van der Waals surface area contributed by atoms with Gasteiger partial charge < -0.3 is 5.32 Å². The van der Waals surface area contributed by atoms with E-state index in [-0.39, 0.29) is 12.0 Å². The van der Waals surface area contributed by atoms with Crippen LogP contribution in [0.4, 0.5) is 14.5 Å². The van der Waals surface area contributed by atoms with Crippen molar-refractivity contribution in [1.82, 2.24) is 5.32 Å². The van der Waals surface area contributed by atoms with Crippen LogP contribution in [0.25, 0.3) is 0 Å². The molecule has 0 aliphatic heterocycles. The predicted octanol–water partition coefficient (Wildman–Crippen LogP) is 1.16. The Morgan fingerprint density at radius 3 is 2.31 bits per heavy atom. The van der Waals surface area contributed by atoms with Crippen molar-refractivity contribution in [3.8, 4) is 0 Å². The molecular weight excluding hydrogens is 222 g/mol. The maximum atomic E-state index is 13.1. The molecule has 7 heteroatoms. The summed E-state index contributed by atoms with van der Waals surface area (Å²) in [5.41, 5.74) is -1.17. The smallest absolute Gasteiger partial charge is 0.340 e. The van der Waals surface area contributed by atoms with Gasteiger partial charge in [-0.1, -0.05) is 0 Å². The minimum absolute atomic E-state index is 0.0416. The number of benzene rings is 1. The Bertz CT molecular complexity index is 425. The highest BCUT2D eigenvalue weighted by molar-refractivity contribution is 5.78. The lowest BCUT2D eigenvalue weighted by atomic mass is 10.1. The van der Waals surface area contributed by atoms with Gasteiger partial charge in [0.2, 0.25) is 17.5 Å². The topological polar surface area (TPSA) is 72.2 Å². The molecule has 0 saturated heterocycles. The summed E-state index contributed by atoms with van der Waals surface area (Å²) >= 11 is 0. The van der Waals surface area contributed by atoms with Gasteiger partial charge in [0.1, 0.15) is 0 Å². The van der Waals surface area contributed by atoms with Gasteiger partial charge in [0.25, 0.3) is 0 Å². The average molecular weight is 230 g/mol. The van der Waals surface area contributed by atoms with Gasteiger partial charge >= 0.3 is 5.69 Å². The van der Waals surface area contributed by atoms with Crippen LogP contribution < -0.4 is 5.32 Å². The average Bonchev–Trinajstić information content (AvgIpc) is 2.15. The van der Waals surface area contributed by atoms with Crippen molar-refractivity contribution in [2.75, 3.05) is 7.05 Å². The molecule has 0 aliphatic carbocycles. The first-order valence-corrected chi connectivity index (χ1v) is 4.28. The summed E-state index contributed by atoms with van der Waals surface area (Å²) in [4.78, 5) is 20.1. The van der Waals surface area contributed by atoms with E-state index in [1.807, 2.05) is 0 Å². The monoisotopic (exact) mass is 230 g/mol. The number of nitro benzene ring substituents is 1. The van der Waals surface area contributed by atoms with E-state index in [1.54, 1.807) is 0 Å². The highest BCUT2D eigenvalue weighted by Gasteiger charge is 2.22. The van der Waals surface area contributed by atoms with Gasteiger partial charge in [0, 0.05) is 7.05 Å².